The van der Waals surface area contributed by atoms with E-state index in [2.05, 4.69) is 20.9 Å². The first kappa shape index (κ1) is 26.8. The van der Waals surface area contributed by atoms with Crippen LogP contribution in [0.25, 0.3) is 27.8 Å². The number of nitrogens with two attached hydrogens (primary N) is 1. The molecule has 3 fully saturated rings. The van der Waals surface area contributed by atoms with Crippen molar-refractivity contribution in [2.24, 2.45) is 17.6 Å². The number of carbonyl (C=O) groups is 2. The summed E-state index contributed by atoms with van der Waals surface area (Å²) in [6.07, 6.45) is 8.26. The van der Waals surface area contributed by atoms with Crippen LogP contribution in [0.1, 0.15) is 48.0 Å². The molecule has 11 nitrogen and oxygen atoms in total. The zero-order valence-corrected chi connectivity index (χ0v) is 24.1. The van der Waals surface area contributed by atoms with Crippen LogP contribution in [0.4, 0.5) is 0 Å². The van der Waals surface area contributed by atoms with E-state index in [1.165, 1.54) is 12.8 Å². The van der Waals surface area contributed by atoms with Crippen molar-refractivity contribution in [2.75, 3.05) is 33.4 Å². The molecule has 4 aromatic heterocycles. The predicted octanol–water partition coefficient (Wildman–Crippen LogP) is 3.16. The van der Waals surface area contributed by atoms with Crippen molar-refractivity contribution in [1.29, 1.82) is 0 Å². The molecule has 2 saturated heterocycles. The topological polar surface area (TPSA) is 129 Å². The third-order valence-corrected chi connectivity index (χ3v) is 8.81. The molecule has 0 spiro atoms. The Hall–Kier alpha value is -4.12. The number of amides is 2. The number of rotatable bonds is 8. The van der Waals surface area contributed by atoms with Gasteiger partial charge in [-0.15, -0.1) is 0 Å². The molecule has 0 bridgehead atoms. The molecule has 2 amide bonds. The molecule has 7 rings (SSSR count). The van der Waals surface area contributed by atoms with Crippen molar-refractivity contribution in [3.05, 3.63) is 41.7 Å². The van der Waals surface area contributed by atoms with E-state index < -0.39 is 0 Å². The van der Waals surface area contributed by atoms with E-state index in [0.717, 1.165) is 52.8 Å². The first-order valence-electron chi connectivity index (χ1n) is 14.9. The third-order valence-electron chi connectivity index (χ3n) is 8.81. The number of ether oxygens (including phenoxy) is 2. The van der Waals surface area contributed by atoms with Crippen LogP contribution in [0.15, 0.2) is 30.6 Å². The van der Waals surface area contributed by atoms with E-state index in [9.17, 15) is 9.59 Å². The Morgan fingerprint density at radius 1 is 1.19 bits per heavy atom. The second kappa shape index (κ2) is 10.6. The van der Waals surface area contributed by atoms with Crippen LogP contribution in [0, 0.1) is 18.8 Å². The first-order valence-corrected chi connectivity index (χ1v) is 14.9. The molecule has 42 heavy (non-hydrogen) atoms. The van der Waals surface area contributed by atoms with Gasteiger partial charge in [0.05, 0.1) is 25.0 Å². The lowest BCUT2D eigenvalue weighted by atomic mass is 10.1. The predicted molar refractivity (Wildman–Crippen MR) is 158 cm³/mol. The lowest BCUT2D eigenvalue weighted by Gasteiger charge is -2.30. The van der Waals surface area contributed by atoms with Gasteiger partial charge < -0.3 is 30.0 Å². The smallest absolute Gasteiger partial charge is 0.255 e. The lowest BCUT2D eigenvalue weighted by Crippen LogP contribution is -2.45. The number of hydrogen-bond acceptors (Lipinski definition) is 7. The highest BCUT2D eigenvalue weighted by atomic mass is 16.5. The number of fused-ring (bicyclic) bond motifs is 2. The Balaban J connectivity index is 1.30. The number of pyridine rings is 2. The minimum Gasteiger partial charge on any atom is -0.494 e. The number of carbonyl (C=O) groups excluding carboxylic acids is 2. The highest BCUT2D eigenvalue weighted by Crippen LogP contribution is 2.40. The van der Waals surface area contributed by atoms with E-state index in [4.69, 9.17) is 20.3 Å². The van der Waals surface area contributed by atoms with Gasteiger partial charge in [0, 0.05) is 67.9 Å². The van der Waals surface area contributed by atoms with Crippen LogP contribution in [0.5, 0.6) is 11.6 Å². The van der Waals surface area contributed by atoms with E-state index >= 15 is 0 Å². The summed E-state index contributed by atoms with van der Waals surface area (Å²) in [6, 6.07) is 5.96. The number of aromatic nitrogens is 4. The van der Waals surface area contributed by atoms with Crippen molar-refractivity contribution in [1.82, 2.24) is 29.4 Å². The van der Waals surface area contributed by atoms with Gasteiger partial charge >= 0.3 is 0 Å². The molecule has 0 radical (unpaired) electrons. The Labute approximate surface area is 244 Å². The van der Waals surface area contributed by atoms with Gasteiger partial charge in [-0.1, -0.05) is 0 Å². The average Bonchev–Trinajstić information content (AvgIpc) is 3.46. The van der Waals surface area contributed by atoms with Crippen molar-refractivity contribution in [2.45, 2.75) is 51.6 Å². The molecule has 2 unspecified atom stereocenters. The molecule has 3 N–H and O–H groups in total. The normalized spacial score (nSPS) is 20.8. The van der Waals surface area contributed by atoms with E-state index in [-0.39, 0.29) is 23.8 Å². The molecule has 1 saturated carbocycles. The third kappa shape index (κ3) is 4.85. The fourth-order valence-electron chi connectivity index (χ4n) is 6.39. The van der Waals surface area contributed by atoms with Crippen molar-refractivity contribution < 1.29 is 19.1 Å². The number of likely N-dealkylation sites (tertiary alicyclic amines) is 1. The van der Waals surface area contributed by atoms with Gasteiger partial charge in [-0.25, -0.2) is 9.50 Å². The van der Waals surface area contributed by atoms with E-state index in [1.807, 2.05) is 24.0 Å². The molecule has 11 heteroatoms. The molecule has 220 valence electrons. The quantitative estimate of drug-likeness (QED) is 0.332. The SMILES string of the molecule is COc1cc(C(=O)N2CCCC(N)C2)cn2nc(-c3cc4ccnc(OCC5CNC(=O)C5)c4n3CC3CC3)c(C)c12. The van der Waals surface area contributed by atoms with Crippen LogP contribution < -0.4 is 20.5 Å². The average molecular weight is 572 g/mol. The zero-order chi connectivity index (χ0) is 29.0. The standard InChI is InChI=1S/C31H37N7O4/c1-18-27(35-38-15-22(12-25(41-2)28(18)38)31(40)36-9-3-4-23(32)16-36)24-11-21-7-8-33-30(29(21)37(24)14-19-5-6-19)42-17-20-10-26(39)34-13-20/h7-8,11-12,15,19-20,23H,3-6,9-10,13-14,16-17,32H2,1-2H3,(H,34,39). The van der Waals surface area contributed by atoms with Crippen LogP contribution in [-0.2, 0) is 11.3 Å². The number of aryl methyl sites for hydroxylation is 1. The van der Waals surface area contributed by atoms with E-state index in [0.29, 0.717) is 55.8 Å². The number of piperidine rings is 1. The van der Waals surface area contributed by atoms with Crippen molar-refractivity contribution in [3.8, 4) is 23.0 Å². The Bertz CT molecular complexity index is 1690. The number of nitrogens with one attached hydrogen (secondary N) is 1. The summed E-state index contributed by atoms with van der Waals surface area (Å²) in [5, 5.41) is 8.94. The summed E-state index contributed by atoms with van der Waals surface area (Å²) in [6.45, 7) is 5.19. The van der Waals surface area contributed by atoms with Crippen molar-refractivity contribution >= 4 is 28.2 Å². The Kier molecular flexibility index (Phi) is 6.76. The van der Waals surface area contributed by atoms with Crippen LogP contribution in [-0.4, -0.2) is 75.3 Å². The van der Waals surface area contributed by atoms with E-state index in [1.54, 1.807) is 24.0 Å². The van der Waals surface area contributed by atoms with Gasteiger partial charge in [0.1, 0.15) is 22.5 Å². The maximum absolute atomic E-state index is 13.5. The highest BCUT2D eigenvalue weighted by molar-refractivity contribution is 5.96. The summed E-state index contributed by atoms with van der Waals surface area (Å²) >= 11 is 0. The molecule has 1 aliphatic carbocycles. The molecule has 2 aliphatic heterocycles. The van der Waals surface area contributed by atoms with Crippen LogP contribution in [0.2, 0.25) is 0 Å². The zero-order valence-electron chi connectivity index (χ0n) is 24.1. The van der Waals surface area contributed by atoms with Crippen LogP contribution in [0.3, 0.4) is 0 Å². The molecule has 6 heterocycles. The van der Waals surface area contributed by atoms with Gasteiger partial charge in [-0.05, 0) is 56.7 Å². The summed E-state index contributed by atoms with van der Waals surface area (Å²) < 4.78 is 16.1. The summed E-state index contributed by atoms with van der Waals surface area (Å²) in [4.78, 5) is 31.6. The second-order valence-electron chi connectivity index (χ2n) is 12.0. The summed E-state index contributed by atoms with van der Waals surface area (Å²) in [5.74, 6) is 1.91. The molecular formula is C31H37N7O4. The number of nitrogens with zero attached hydrogens (tertiary/aromatic N) is 5. The van der Waals surface area contributed by atoms with Gasteiger partial charge in [0.15, 0.2) is 0 Å². The summed E-state index contributed by atoms with van der Waals surface area (Å²) in [7, 11) is 1.62. The largest absolute Gasteiger partial charge is 0.494 e. The fraction of sp³-hybridized carbons (Fsp3) is 0.484. The fourth-order valence-corrected chi connectivity index (χ4v) is 6.39. The van der Waals surface area contributed by atoms with Gasteiger partial charge in [0.2, 0.25) is 11.8 Å². The minimum atomic E-state index is -0.0603. The molecule has 3 aliphatic rings. The molecule has 0 aromatic carbocycles. The Morgan fingerprint density at radius 3 is 2.79 bits per heavy atom. The van der Waals surface area contributed by atoms with Gasteiger partial charge in [-0.2, -0.15) is 5.10 Å². The lowest BCUT2D eigenvalue weighted by molar-refractivity contribution is -0.119. The number of hydrogen-bond donors (Lipinski definition) is 2. The summed E-state index contributed by atoms with van der Waals surface area (Å²) in [5.41, 5.74) is 11.2. The minimum absolute atomic E-state index is 0.000876. The first-order chi connectivity index (χ1) is 20.4. The van der Waals surface area contributed by atoms with Gasteiger partial charge in [0.25, 0.3) is 5.91 Å². The molecule has 4 aromatic rings. The number of methoxy groups -OCH3 is 1. The maximum Gasteiger partial charge on any atom is 0.255 e. The highest BCUT2D eigenvalue weighted by Gasteiger charge is 2.29. The maximum atomic E-state index is 13.5. The molecular weight excluding hydrogens is 534 g/mol. The van der Waals surface area contributed by atoms with Gasteiger partial charge in [-0.3, -0.25) is 9.59 Å². The van der Waals surface area contributed by atoms with Crippen LogP contribution >= 0.6 is 0 Å². The van der Waals surface area contributed by atoms with Crippen molar-refractivity contribution in [3.63, 3.8) is 0 Å². The second-order valence-corrected chi connectivity index (χ2v) is 12.0. The monoisotopic (exact) mass is 571 g/mol. The molecule has 2 atom stereocenters. The Morgan fingerprint density at radius 2 is 2.05 bits per heavy atom.